The molecule has 1 heteroatoms. The highest BCUT2D eigenvalue weighted by molar-refractivity contribution is 5.64. The molecule has 0 atom stereocenters. The summed E-state index contributed by atoms with van der Waals surface area (Å²) in [4.78, 5) is 4.20. The Kier molecular flexibility index (Phi) is 2.44. The second-order valence-electron chi connectivity index (χ2n) is 2.91. The number of hydrogen-bond donors (Lipinski definition) is 0. The highest BCUT2D eigenvalue weighted by Crippen LogP contribution is 2.16. The van der Waals surface area contributed by atoms with E-state index in [-0.39, 0.29) is 0 Å². The minimum atomic E-state index is 0.914. The molecule has 1 aromatic heterocycles. The van der Waals surface area contributed by atoms with Crippen molar-refractivity contribution in [3.05, 3.63) is 42.2 Å². The zero-order chi connectivity index (χ0) is 9.14. The Bertz CT molecular complexity index is 324. The van der Waals surface area contributed by atoms with Crippen LogP contribution in [0.5, 0.6) is 0 Å². The lowest BCUT2D eigenvalue weighted by Gasteiger charge is -2.04. The lowest BCUT2D eigenvalue weighted by molar-refractivity contribution is 1.23. The monoisotopic (exact) mass is 159 g/mol. The van der Waals surface area contributed by atoms with Gasteiger partial charge in [0.1, 0.15) is 0 Å². The van der Waals surface area contributed by atoms with Crippen molar-refractivity contribution in [3.63, 3.8) is 0 Å². The van der Waals surface area contributed by atoms with Crippen LogP contribution in [0.3, 0.4) is 0 Å². The van der Waals surface area contributed by atoms with E-state index in [0.29, 0.717) is 0 Å². The fraction of sp³-hybridized carbons (Fsp3) is 0.182. The lowest BCUT2D eigenvalue weighted by atomic mass is 10.1. The van der Waals surface area contributed by atoms with Crippen LogP contribution in [0.4, 0.5) is 0 Å². The molecule has 0 unspecified atom stereocenters. The first kappa shape index (κ1) is 8.72. The van der Waals surface area contributed by atoms with Crippen LogP contribution in [-0.4, -0.2) is 4.98 Å². The molecule has 1 rings (SSSR count). The van der Waals surface area contributed by atoms with E-state index in [1.807, 2.05) is 19.2 Å². The van der Waals surface area contributed by atoms with Crippen molar-refractivity contribution in [3.8, 4) is 0 Å². The Hall–Kier alpha value is -1.37. The number of hydrogen-bond acceptors (Lipinski definition) is 1. The summed E-state index contributed by atoms with van der Waals surface area (Å²) in [5.74, 6) is 0. The number of pyridine rings is 1. The predicted octanol–water partition coefficient (Wildman–Crippen LogP) is 3.07. The smallest absolute Gasteiger partial charge is 0.0626 e. The van der Waals surface area contributed by atoms with Gasteiger partial charge in [-0.3, -0.25) is 4.98 Å². The number of aryl methyl sites for hydroxylation is 1. The van der Waals surface area contributed by atoms with Crippen LogP contribution in [0.15, 0.2) is 25.4 Å². The third-order valence-electron chi connectivity index (χ3n) is 1.80. The normalized spacial score (nSPS) is 9.50. The van der Waals surface area contributed by atoms with Crippen LogP contribution in [0.25, 0.3) is 11.6 Å². The molecule has 1 nitrogen and oxygen atoms in total. The average Bonchev–Trinajstić information content (AvgIpc) is 2.03. The molecule has 0 aromatic carbocycles. The molecule has 0 aliphatic rings. The van der Waals surface area contributed by atoms with Gasteiger partial charge in [-0.25, -0.2) is 0 Å². The topological polar surface area (TPSA) is 12.9 Å². The Morgan fingerprint density at radius 1 is 1.58 bits per heavy atom. The van der Waals surface area contributed by atoms with E-state index >= 15 is 0 Å². The van der Waals surface area contributed by atoms with E-state index < -0.39 is 0 Å². The highest BCUT2D eigenvalue weighted by Gasteiger charge is 1.99. The molecule has 62 valence electrons. The van der Waals surface area contributed by atoms with Crippen LogP contribution in [0.1, 0.15) is 23.7 Å². The van der Waals surface area contributed by atoms with Crippen molar-refractivity contribution in [2.75, 3.05) is 0 Å². The van der Waals surface area contributed by atoms with Gasteiger partial charge in [0.05, 0.1) is 5.69 Å². The molecule has 0 saturated carbocycles. The average molecular weight is 159 g/mol. The van der Waals surface area contributed by atoms with Gasteiger partial charge in [0.25, 0.3) is 0 Å². The summed E-state index contributed by atoms with van der Waals surface area (Å²) < 4.78 is 0. The van der Waals surface area contributed by atoms with Crippen molar-refractivity contribution in [2.45, 2.75) is 13.8 Å². The number of nitrogens with zero attached hydrogens (tertiary/aromatic N) is 1. The van der Waals surface area contributed by atoms with Gasteiger partial charge in [0.15, 0.2) is 0 Å². The zero-order valence-corrected chi connectivity index (χ0v) is 7.59. The highest BCUT2D eigenvalue weighted by atomic mass is 14.7. The van der Waals surface area contributed by atoms with E-state index in [9.17, 15) is 0 Å². The van der Waals surface area contributed by atoms with Crippen molar-refractivity contribution in [1.82, 2.24) is 4.98 Å². The molecule has 0 amide bonds. The Labute approximate surface area is 73.5 Å². The van der Waals surface area contributed by atoms with Crippen LogP contribution in [0, 0.1) is 6.92 Å². The Morgan fingerprint density at radius 2 is 2.25 bits per heavy atom. The van der Waals surface area contributed by atoms with Gasteiger partial charge < -0.3 is 0 Å². The van der Waals surface area contributed by atoms with Crippen LogP contribution in [-0.2, 0) is 0 Å². The zero-order valence-electron chi connectivity index (χ0n) is 7.59. The molecule has 0 radical (unpaired) electrons. The molecule has 0 saturated heterocycles. The minimum absolute atomic E-state index is 0.914. The van der Waals surface area contributed by atoms with Gasteiger partial charge >= 0.3 is 0 Å². The number of aromatic nitrogens is 1. The second kappa shape index (κ2) is 3.35. The van der Waals surface area contributed by atoms with Crippen molar-refractivity contribution < 1.29 is 0 Å². The van der Waals surface area contributed by atoms with Gasteiger partial charge in [-0.1, -0.05) is 13.2 Å². The summed E-state index contributed by atoms with van der Waals surface area (Å²) in [5, 5.41) is 0. The molecule has 1 aromatic rings. The Morgan fingerprint density at radius 3 is 2.67 bits per heavy atom. The summed E-state index contributed by atoms with van der Waals surface area (Å²) in [5.41, 5.74) is 4.29. The molecule has 0 spiro atoms. The summed E-state index contributed by atoms with van der Waals surface area (Å²) in [6.45, 7) is 11.6. The maximum Gasteiger partial charge on any atom is 0.0626 e. The van der Waals surface area contributed by atoms with E-state index in [0.717, 1.165) is 16.8 Å². The third kappa shape index (κ3) is 1.62. The first-order valence-electron chi connectivity index (χ1n) is 3.90. The largest absolute Gasteiger partial charge is 0.256 e. The van der Waals surface area contributed by atoms with Crippen LogP contribution < -0.4 is 0 Å². The number of allylic oxidation sites excluding steroid dienone is 1. The molecule has 0 aliphatic heterocycles. The molecule has 12 heavy (non-hydrogen) atoms. The van der Waals surface area contributed by atoms with Gasteiger partial charge in [-0.15, -0.1) is 0 Å². The van der Waals surface area contributed by atoms with E-state index in [2.05, 4.69) is 25.1 Å². The Balaban J connectivity index is 3.20. The van der Waals surface area contributed by atoms with E-state index in [1.54, 1.807) is 6.08 Å². The maximum atomic E-state index is 4.20. The maximum absolute atomic E-state index is 4.20. The SMILES string of the molecule is C=Cc1cc(C)c(C(=C)C)cn1. The summed E-state index contributed by atoms with van der Waals surface area (Å²) in [6, 6.07) is 2.01. The van der Waals surface area contributed by atoms with Gasteiger partial charge in [0.2, 0.25) is 0 Å². The summed E-state index contributed by atoms with van der Waals surface area (Å²) in [6.07, 6.45) is 3.59. The summed E-state index contributed by atoms with van der Waals surface area (Å²) >= 11 is 0. The molecule has 0 aliphatic carbocycles. The van der Waals surface area contributed by atoms with E-state index in [4.69, 9.17) is 0 Å². The van der Waals surface area contributed by atoms with E-state index in [1.165, 1.54) is 5.56 Å². The first-order chi connectivity index (χ1) is 5.65. The standard InChI is InChI=1S/C11H13N/c1-5-10-6-9(4)11(7-12-10)8(2)3/h5-7H,1-2H2,3-4H3. The van der Waals surface area contributed by atoms with Gasteiger partial charge in [0, 0.05) is 6.20 Å². The molecule has 1 heterocycles. The molecule has 0 fully saturated rings. The quantitative estimate of drug-likeness (QED) is 0.646. The molecule has 0 N–H and O–H groups in total. The van der Waals surface area contributed by atoms with Gasteiger partial charge in [-0.2, -0.15) is 0 Å². The van der Waals surface area contributed by atoms with Crippen LogP contribution >= 0.6 is 0 Å². The first-order valence-corrected chi connectivity index (χ1v) is 3.90. The van der Waals surface area contributed by atoms with Crippen molar-refractivity contribution >= 4 is 11.6 Å². The molecular formula is C11H13N. The predicted molar refractivity (Wildman–Crippen MR) is 53.8 cm³/mol. The number of rotatable bonds is 2. The van der Waals surface area contributed by atoms with Crippen LogP contribution in [0.2, 0.25) is 0 Å². The minimum Gasteiger partial charge on any atom is -0.256 e. The molecule has 0 bridgehead atoms. The summed E-state index contributed by atoms with van der Waals surface area (Å²) in [7, 11) is 0. The third-order valence-corrected chi connectivity index (χ3v) is 1.80. The molecular weight excluding hydrogens is 146 g/mol. The fourth-order valence-electron chi connectivity index (χ4n) is 1.14. The van der Waals surface area contributed by atoms with Gasteiger partial charge in [-0.05, 0) is 42.7 Å². The lowest BCUT2D eigenvalue weighted by Crippen LogP contribution is -1.89. The van der Waals surface area contributed by atoms with Crippen molar-refractivity contribution in [2.24, 2.45) is 0 Å². The van der Waals surface area contributed by atoms with Crippen molar-refractivity contribution in [1.29, 1.82) is 0 Å². The fourth-order valence-corrected chi connectivity index (χ4v) is 1.14. The second-order valence-corrected chi connectivity index (χ2v) is 2.91.